The smallest absolute Gasteiger partial charge is 0.235 e. The van der Waals surface area contributed by atoms with Crippen LogP contribution >= 0.6 is 11.8 Å². The Morgan fingerprint density at radius 3 is 2.65 bits per heavy atom. The van der Waals surface area contributed by atoms with E-state index in [0.29, 0.717) is 22.3 Å². The Morgan fingerprint density at radius 2 is 2.04 bits per heavy atom. The van der Waals surface area contributed by atoms with Crippen LogP contribution in [-0.2, 0) is 11.8 Å². The molecule has 0 saturated carbocycles. The first-order valence-electron chi connectivity index (χ1n) is 6.71. The number of furan rings is 1. The van der Waals surface area contributed by atoms with E-state index in [1.54, 1.807) is 30.0 Å². The summed E-state index contributed by atoms with van der Waals surface area (Å²) in [6, 6.07) is 9.16. The Bertz CT molecular complexity index is 815. The average Bonchev–Trinajstić information content (AvgIpc) is 3.16. The summed E-state index contributed by atoms with van der Waals surface area (Å²) in [5.74, 6) is 0.203. The Labute approximate surface area is 135 Å². The number of hydrogen-bond donors (Lipinski definition) is 1. The van der Waals surface area contributed by atoms with Gasteiger partial charge in [0.15, 0.2) is 16.7 Å². The van der Waals surface area contributed by atoms with Crippen molar-refractivity contribution < 1.29 is 13.6 Å². The van der Waals surface area contributed by atoms with Crippen molar-refractivity contribution in [3.8, 4) is 11.6 Å². The van der Waals surface area contributed by atoms with Crippen LogP contribution in [0.4, 0.5) is 4.39 Å². The fourth-order valence-corrected chi connectivity index (χ4v) is 3.02. The van der Waals surface area contributed by atoms with E-state index < -0.39 is 11.2 Å². The number of amides is 1. The molecule has 0 fully saturated rings. The Balaban J connectivity index is 1.89. The van der Waals surface area contributed by atoms with Crippen molar-refractivity contribution in [1.29, 1.82) is 0 Å². The SMILES string of the molecule is Cn1c(SC(C(N)=O)c2ccc(F)cc2)nnc1-c1ccco1. The monoisotopic (exact) mass is 332 g/mol. The van der Waals surface area contributed by atoms with Crippen LogP contribution < -0.4 is 5.73 Å². The lowest BCUT2D eigenvalue weighted by Gasteiger charge is -2.12. The molecule has 2 heterocycles. The summed E-state index contributed by atoms with van der Waals surface area (Å²) in [6.45, 7) is 0. The minimum atomic E-state index is -0.692. The number of carbonyl (C=O) groups excluding carboxylic acids is 1. The molecule has 2 aromatic heterocycles. The highest BCUT2D eigenvalue weighted by Gasteiger charge is 2.23. The van der Waals surface area contributed by atoms with Gasteiger partial charge in [-0.05, 0) is 29.8 Å². The second-order valence-corrected chi connectivity index (χ2v) is 5.87. The van der Waals surface area contributed by atoms with Gasteiger partial charge in [0.2, 0.25) is 5.91 Å². The summed E-state index contributed by atoms with van der Waals surface area (Å²) in [4.78, 5) is 11.8. The van der Waals surface area contributed by atoms with E-state index >= 15 is 0 Å². The zero-order chi connectivity index (χ0) is 16.4. The molecule has 0 aliphatic carbocycles. The molecule has 0 spiro atoms. The van der Waals surface area contributed by atoms with Crippen molar-refractivity contribution in [1.82, 2.24) is 14.8 Å². The van der Waals surface area contributed by atoms with Gasteiger partial charge in [-0.2, -0.15) is 0 Å². The van der Waals surface area contributed by atoms with E-state index in [4.69, 9.17) is 10.2 Å². The number of carbonyl (C=O) groups is 1. The number of nitrogens with zero attached hydrogens (tertiary/aromatic N) is 3. The van der Waals surface area contributed by atoms with Crippen LogP contribution in [0.2, 0.25) is 0 Å². The Hall–Kier alpha value is -2.61. The first-order chi connectivity index (χ1) is 11.1. The maximum absolute atomic E-state index is 13.0. The maximum atomic E-state index is 13.0. The van der Waals surface area contributed by atoms with E-state index in [-0.39, 0.29) is 5.82 Å². The number of halogens is 1. The molecule has 8 heteroatoms. The summed E-state index contributed by atoms with van der Waals surface area (Å²) in [5.41, 5.74) is 6.08. The molecule has 118 valence electrons. The number of thioether (sulfide) groups is 1. The number of nitrogens with two attached hydrogens (primary N) is 1. The van der Waals surface area contributed by atoms with Gasteiger partial charge in [0.1, 0.15) is 11.1 Å². The topological polar surface area (TPSA) is 86.9 Å². The lowest BCUT2D eigenvalue weighted by molar-refractivity contribution is -0.117. The summed E-state index contributed by atoms with van der Waals surface area (Å²) < 4.78 is 20.1. The predicted molar refractivity (Wildman–Crippen MR) is 82.9 cm³/mol. The summed E-state index contributed by atoms with van der Waals surface area (Å²) in [5, 5.41) is 7.95. The van der Waals surface area contributed by atoms with Gasteiger partial charge in [-0.1, -0.05) is 23.9 Å². The van der Waals surface area contributed by atoms with Gasteiger partial charge in [0.05, 0.1) is 6.26 Å². The average molecular weight is 332 g/mol. The van der Waals surface area contributed by atoms with Crippen LogP contribution in [0.1, 0.15) is 10.8 Å². The zero-order valence-corrected chi connectivity index (χ0v) is 13.0. The summed E-state index contributed by atoms with van der Waals surface area (Å²) >= 11 is 1.15. The lowest BCUT2D eigenvalue weighted by Crippen LogP contribution is -2.19. The van der Waals surface area contributed by atoms with E-state index in [0.717, 1.165) is 11.8 Å². The molecule has 1 atom stereocenters. The maximum Gasteiger partial charge on any atom is 0.235 e. The molecular weight excluding hydrogens is 319 g/mol. The van der Waals surface area contributed by atoms with Gasteiger partial charge in [0, 0.05) is 7.05 Å². The predicted octanol–water partition coefficient (Wildman–Crippen LogP) is 2.53. The van der Waals surface area contributed by atoms with Crippen molar-refractivity contribution in [2.45, 2.75) is 10.4 Å². The van der Waals surface area contributed by atoms with Gasteiger partial charge < -0.3 is 14.7 Å². The van der Waals surface area contributed by atoms with Gasteiger partial charge >= 0.3 is 0 Å². The molecule has 3 aromatic rings. The molecule has 2 N–H and O–H groups in total. The Kier molecular flexibility index (Phi) is 4.16. The van der Waals surface area contributed by atoms with Crippen LogP contribution in [0, 0.1) is 5.82 Å². The number of aromatic nitrogens is 3. The van der Waals surface area contributed by atoms with Gasteiger partial charge in [-0.25, -0.2) is 4.39 Å². The molecule has 1 unspecified atom stereocenters. The number of rotatable bonds is 5. The highest BCUT2D eigenvalue weighted by Crippen LogP contribution is 2.35. The largest absolute Gasteiger partial charge is 0.461 e. The van der Waals surface area contributed by atoms with Gasteiger partial charge in [-0.3, -0.25) is 4.79 Å². The third-order valence-electron chi connectivity index (χ3n) is 3.23. The van der Waals surface area contributed by atoms with Crippen LogP contribution in [0.15, 0.2) is 52.2 Å². The quantitative estimate of drug-likeness (QED) is 0.726. The number of primary amides is 1. The molecular formula is C15H13FN4O2S. The molecule has 0 saturated heterocycles. The molecule has 0 aliphatic heterocycles. The molecule has 1 aromatic carbocycles. The highest BCUT2D eigenvalue weighted by molar-refractivity contribution is 8.00. The van der Waals surface area contributed by atoms with Gasteiger partial charge in [0.25, 0.3) is 0 Å². The Morgan fingerprint density at radius 1 is 1.30 bits per heavy atom. The first kappa shape index (κ1) is 15.3. The summed E-state index contributed by atoms with van der Waals surface area (Å²) in [7, 11) is 1.77. The molecule has 1 amide bonds. The fourth-order valence-electron chi connectivity index (χ4n) is 2.07. The van der Waals surface area contributed by atoms with E-state index in [2.05, 4.69) is 10.2 Å². The molecule has 23 heavy (non-hydrogen) atoms. The standard InChI is InChI=1S/C15H13FN4O2S/c1-20-14(11-3-2-8-22-11)18-19-15(20)23-12(13(17)21)9-4-6-10(16)7-5-9/h2-8,12H,1H3,(H2,17,21). The minimum Gasteiger partial charge on any atom is -0.461 e. The fraction of sp³-hybridized carbons (Fsp3) is 0.133. The van der Waals surface area contributed by atoms with Crippen molar-refractivity contribution in [3.63, 3.8) is 0 Å². The van der Waals surface area contributed by atoms with Crippen LogP contribution in [0.3, 0.4) is 0 Å². The molecule has 0 radical (unpaired) electrons. The number of hydrogen-bond acceptors (Lipinski definition) is 5. The first-order valence-corrected chi connectivity index (χ1v) is 7.59. The minimum absolute atomic E-state index is 0.374. The third-order valence-corrected chi connectivity index (χ3v) is 4.54. The second kappa shape index (κ2) is 6.25. The summed E-state index contributed by atoms with van der Waals surface area (Å²) in [6.07, 6.45) is 1.54. The molecule has 0 bridgehead atoms. The lowest BCUT2D eigenvalue weighted by atomic mass is 10.1. The third kappa shape index (κ3) is 3.11. The molecule has 6 nitrogen and oxygen atoms in total. The molecule has 3 rings (SSSR count). The van der Waals surface area contributed by atoms with Crippen molar-refractivity contribution in [2.75, 3.05) is 0 Å². The molecule has 0 aliphatic rings. The van der Waals surface area contributed by atoms with Gasteiger partial charge in [-0.15, -0.1) is 10.2 Å². The van der Waals surface area contributed by atoms with E-state index in [9.17, 15) is 9.18 Å². The second-order valence-electron chi connectivity index (χ2n) is 4.79. The van der Waals surface area contributed by atoms with Crippen molar-refractivity contribution >= 4 is 17.7 Å². The van der Waals surface area contributed by atoms with E-state index in [1.165, 1.54) is 24.3 Å². The van der Waals surface area contributed by atoms with Crippen molar-refractivity contribution in [3.05, 3.63) is 54.0 Å². The highest BCUT2D eigenvalue weighted by atomic mass is 32.2. The van der Waals surface area contributed by atoms with Crippen LogP contribution in [0.5, 0.6) is 0 Å². The number of benzene rings is 1. The van der Waals surface area contributed by atoms with Crippen LogP contribution in [-0.4, -0.2) is 20.7 Å². The van der Waals surface area contributed by atoms with Crippen LogP contribution in [0.25, 0.3) is 11.6 Å². The normalized spacial score (nSPS) is 12.3. The van der Waals surface area contributed by atoms with E-state index in [1.807, 2.05) is 0 Å². The van der Waals surface area contributed by atoms with Crippen molar-refractivity contribution in [2.24, 2.45) is 12.8 Å². The zero-order valence-electron chi connectivity index (χ0n) is 12.1.